The molecule has 12 heteroatoms. The van der Waals surface area contributed by atoms with E-state index < -0.39 is 29.0 Å². The average molecular weight is 416 g/mol. The van der Waals surface area contributed by atoms with Gasteiger partial charge >= 0.3 is 5.97 Å². The summed E-state index contributed by atoms with van der Waals surface area (Å²) in [6.07, 6.45) is 2.04. The molecule has 0 aromatic heterocycles. The van der Waals surface area contributed by atoms with E-state index in [0.29, 0.717) is 19.3 Å². The van der Waals surface area contributed by atoms with Crippen molar-refractivity contribution in [2.75, 3.05) is 19.0 Å². The maximum atomic E-state index is 12.0. The Kier molecular flexibility index (Phi) is 16.0. The van der Waals surface area contributed by atoms with Gasteiger partial charge in [-0.25, -0.2) is 4.79 Å². The van der Waals surface area contributed by atoms with Crippen LogP contribution in [0.3, 0.4) is 0 Å². The van der Waals surface area contributed by atoms with Crippen molar-refractivity contribution in [2.24, 2.45) is 5.73 Å². The maximum Gasteiger partial charge on any atom is 0.329 e. The molecule has 0 aliphatic carbocycles. The predicted octanol–water partition coefficient (Wildman–Crippen LogP) is 0.832. The van der Waals surface area contributed by atoms with Crippen molar-refractivity contribution < 1.29 is 29.0 Å². The van der Waals surface area contributed by atoms with Gasteiger partial charge in [0.1, 0.15) is 6.04 Å². The van der Waals surface area contributed by atoms with Gasteiger partial charge in [0.25, 0.3) is 5.09 Å². The first kappa shape index (κ1) is 26.6. The van der Waals surface area contributed by atoms with E-state index in [4.69, 9.17) is 10.5 Å². The Balaban J connectivity index is 0. The first-order chi connectivity index (χ1) is 11.8. The Morgan fingerprint density at radius 3 is 2.42 bits per heavy atom. The molecular weight excluding hydrogens is 390 g/mol. The molecule has 0 aromatic carbocycles. The number of unbranched alkanes of at least 4 members (excludes halogenated alkanes) is 1. The lowest BCUT2D eigenvalue weighted by Crippen LogP contribution is -2.43. The van der Waals surface area contributed by atoms with Gasteiger partial charge in [0.2, 0.25) is 11.0 Å². The standard InChI is InChI=1S/C14H25N3O7S.ClH/c1-3-6-11(15)14(20)25-9-12(16-10(2)18)13(19)23-7-4-5-8-24-17(21)22;/h11-12H,3-9,15H2,1-2H3,(H,16,18);1H/t11?,12-;/m0./s1. The molecule has 0 bridgehead atoms. The van der Waals surface area contributed by atoms with Crippen molar-refractivity contribution in [3.05, 3.63) is 10.1 Å². The number of esters is 1. The molecule has 0 fully saturated rings. The molecule has 0 radical (unpaired) electrons. The summed E-state index contributed by atoms with van der Waals surface area (Å²) >= 11 is 0.879. The highest BCUT2D eigenvalue weighted by atomic mass is 35.5. The number of halogens is 1. The first-order valence-corrected chi connectivity index (χ1v) is 8.89. The molecule has 0 rings (SSSR count). The lowest BCUT2D eigenvalue weighted by Gasteiger charge is -2.17. The van der Waals surface area contributed by atoms with Gasteiger partial charge in [0, 0.05) is 12.7 Å². The van der Waals surface area contributed by atoms with E-state index in [1.807, 2.05) is 6.92 Å². The molecule has 0 aromatic rings. The van der Waals surface area contributed by atoms with Crippen LogP contribution >= 0.6 is 24.2 Å². The van der Waals surface area contributed by atoms with Crippen LogP contribution in [0.25, 0.3) is 0 Å². The Hall–Kier alpha value is -1.59. The molecule has 10 nitrogen and oxygen atoms in total. The molecule has 0 aliphatic heterocycles. The summed E-state index contributed by atoms with van der Waals surface area (Å²) in [7, 11) is 0. The summed E-state index contributed by atoms with van der Waals surface area (Å²) in [5, 5.41) is 11.3. The van der Waals surface area contributed by atoms with Gasteiger partial charge < -0.3 is 20.6 Å². The number of hydrogen-bond donors (Lipinski definition) is 2. The van der Waals surface area contributed by atoms with Crippen molar-refractivity contribution in [2.45, 2.75) is 51.6 Å². The van der Waals surface area contributed by atoms with Crippen LogP contribution < -0.4 is 11.1 Å². The molecule has 2 atom stereocenters. The topological polar surface area (TPSA) is 151 Å². The van der Waals surface area contributed by atoms with E-state index in [9.17, 15) is 24.5 Å². The number of amides is 1. The van der Waals surface area contributed by atoms with E-state index in [1.165, 1.54) is 6.92 Å². The van der Waals surface area contributed by atoms with Gasteiger partial charge in [0.05, 0.1) is 19.3 Å². The lowest BCUT2D eigenvalue weighted by molar-refractivity contribution is -0.757. The molecule has 0 saturated carbocycles. The van der Waals surface area contributed by atoms with Gasteiger partial charge in [-0.15, -0.1) is 22.5 Å². The number of nitrogens with one attached hydrogen (secondary N) is 1. The Labute approximate surface area is 162 Å². The molecule has 0 aliphatic rings. The van der Waals surface area contributed by atoms with Gasteiger partial charge in [-0.3, -0.25) is 9.59 Å². The summed E-state index contributed by atoms with van der Waals surface area (Å²) in [4.78, 5) is 49.1. The average Bonchev–Trinajstić information content (AvgIpc) is 2.53. The second-order valence-electron chi connectivity index (χ2n) is 5.21. The zero-order valence-corrected chi connectivity index (χ0v) is 16.4. The van der Waals surface area contributed by atoms with Gasteiger partial charge in [-0.1, -0.05) is 25.1 Å². The highest BCUT2D eigenvalue weighted by molar-refractivity contribution is 8.13. The van der Waals surface area contributed by atoms with Crippen LogP contribution in [0.5, 0.6) is 0 Å². The second-order valence-corrected chi connectivity index (χ2v) is 6.23. The Bertz CT molecular complexity index is 468. The van der Waals surface area contributed by atoms with Gasteiger partial charge in [-0.05, 0) is 19.3 Å². The number of nitrogens with two attached hydrogens (primary N) is 1. The predicted molar refractivity (Wildman–Crippen MR) is 98.3 cm³/mol. The van der Waals surface area contributed by atoms with Crippen molar-refractivity contribution in [3.63, 3.8) is 0 Å². The van der Waals surface area contributed by atoms with Crippen molar-refractivity contribution in [3.8, 4) is 0 Å². The van der Waals surface area contributed by atoms with E-state index in [2.05, 4.69) is 10.2 Å². The summed E-state index contributed by atoms with van der Waals surface area (Å²) in [5.74, 6) is -1.07. The third-order valence-electron chi connectivity index (χ3n) is 2.94. The van der Waals surface area contributed by atoms with Crippen molar-refractivity contribution >= 4 is 41.2 Å². The van der Waals surface area contributed by atoms with Crippen LogP contribution in [0.1, 0.15) is 39.5 Å². The summed E-state index contributed by atoms with van der Waals surface area (Å²) < 4.78 is 5.02. The summed E-state index contributed by atoms with van der Waals surface area (Å²) in [6, 6.07) is -1.57. The Morgan fingerprint density at radius 1 is 1.27 bits per heavy atom. The minimum absolute atomic E-state index is 0. The van der Waals surface area contributed by atoms with E-state index in [-0.39, 0.29) is 36.5 Å². The van der Waals surface area contributed by atoms with Crippen LogP contribution in [0, 0.1) is 10.1 Å². The lowest BCUT2D eigenvalue weighted by atomic mass is 10.2. The highest BCUT2D eigenvalue weighted by Crippen LogP contribution is 2.11. The minimum Gasteiger partial charge on any atom is -0.464 e. The van der Waals surface area contributed by atoms with Crippen molar-refractivity contribution in [1.29, 1.82) is 0 Å². The zero-order chi connectivity index (χ0) is 19.2. The Morgan fingerprint density at radius 2 is 1.88 bits per heavy atom. The molecular formula is C14H26ClN3O7S. The highest BCUT2D eigenvalue weighted by Gasteiger charge is 2.24. The molecule has 152 valence electrons. The fourth-order valence-corrected chi connectivity index (χ4v) is 2.61. The SMILES string of the molecule is CCCC(N)C(=O)SC[C@H](NC(C)=O)C(=O)OCCCCO[N+](=O)[O-].Cl. The van der Waals surface area contributed by atoms with Crippen LogP contribution in [0.2, 0.25) is 0 Å². The molecule has 0 saturated heterocycles. The number of carbonyl (C=O) groups is 3. The number of thioether (sulfide) groups is 1. The quantitative estimate of drug-likeness (QED) is 0.193. The number of hydrogen-bond acceptors (Lipinski definition) is 9. The molecule has 3 N–H and O–H groups in total. The molecule has 26 heavy (non-hydrogen) atoms. The third-order valence-corrected chi connectivity index (χ3v) is 4.02. The normalized spacial score (nSPS) is 12.3. The second kappa shape index (κ2) is 15.6. The van der Waals surface area contributed by atoms with Crippen molar-refractivity contribution in [1.82, 2.24) is 5.32 Å². The maximum absolute atomic E-state index is 12.0. The summed E-state index contributed by atoms with van der Waals surface area (Å²) in [5.41, 5.74) is 5.71. The largest absolute Gasteiger partial charge is 0.464 e. The number of nitrogens with zero attached hydrogens (tertiary/aromatic N) is 1. The minimum atomic E-state index is -0.963. The van der Waals surface area contributed by atoms with E-state index in [0.717, 1.165) is 18.2 Å². The molecule has 1 unspecified atom stereocenters. The van der Waals surface area contributed by atoms with Crippen LogP contribution in [0.4, 0.5) is 0 Å². The fourth-order valence-electron chi connectivity index (χ4n) is 1.73. The third kappa shape index (κ3) is 13.7. The smallest absolute Gasteiger partial charge is 0.329 e. The zero-order valence-electron chi connectivity index (χ0n) is 14.8. The summed E-state index contributed by atoms with van der Waals surface area (Å²) in [6.45, 7) is 3.11. The van der Waals surface area contributed by atoms with Crippen LogP contribution in [-0.2, 0) is 24.0 Å². The molecule has 0 spiro atoms. The number of carbonyl (C=O) groups excluding carboxylic acids is 3. The number of rotatable bonds is 13. The van der Waals surface area contributed by atoms with Gasteiger partial charge in [0.15, 0.2) is 0 Å². The van der Waals surface area contributed by atoms with E-state index in [1.54, 1.807) is 0 Å². The fraction of sp³-hybridized carbons (Fsp3) is 0.786. The van der Waals surface area contributed by atoms with Gasteiger partial charge in [-0.2, -0.15) is 0 Å². The van der Waals surface area contributed by atoms with Crippen LogP contribution in [0.15, 0.2) is 0 Å². The van der Waals surface area contributed by atoms with E-state index >= 15 is 0 Å². The molecule has 0 heterocycles. The first-order valence-electron chi connectivity index (χ1n) is 7.91. The number of ether oxygens (including phenoxy) is 1. The van der Waals surface area contributed by atoms with Crippen LogP contribution in [-0.4, -0.2) is 53.1 Å². The monoisotopic (exact) mass is 415 g/mol. The molecule has 1 amide bonds.